The summed E-state index contributed by atoms with van der Waals surface area (Å²) in [6, 6.07) is 13.6. The minimum atomic E-state index is -4.31. The molecular weight excluding hydrogens is 275 g/mol. The van der Waals surface area contributed by atoms with Crippen molar-refractivity contribution in [2.75, 3.05) is 0 Å². The Balaban J connectivity index is 2.08. The molecule has 2 aromatic carbocycles. The summed E-state index contributed by atoms with van der Waals surface area (Å²) in [6.45, 7) is 4.13. The standard InChI is InChI=1S/C17H18F3N/c1-12-7-9-14(10-8-12)13(2)21-11-15-5-3-4-6-16(15)17(18,19)20/h3-10,13,21H,11H2,1-2H3/t13-/m1/s1. The van der Waals surface area contributed by atoms with E-state index in [9.17, 15) is 13.2 Å². The second kappa shape index (κ2) is 6.31. The lowest BCUT2D eigenvalue weighted by atomic mass is 10.0. The van der Waals surface area contributed by atoms with Gasteiger partial charge in [0.25, 0.3) is 0 Å². The first-order valence-electron chi connectivity index (χ1n) is 6.83. The van der Waals surface area contributed by atoms with E-state index in [1.54, 1.807) is 6.07 Å². The Morgan fingerprint density at radius 1 is 1.00 bits per heavy atom. The average molecular weight is 293 g/mol. The Morgan fingerprint density at radius 3 is 2.24 bits per heavy atom. The normalized spacial score (nSPS) is 13.2. The minimum absolute atomic E-state index is 0.00751. The van der Waals surface area contributed by atoms with Crippen LogP contribution in [-0.4, -0.2) is 0 Å². The molecule has 0 spiro atoms. The highest BCUT2D eigenvalue weighted by molar-refractivity contribution is 5.30. The molecule has 0 aromatic heterocycles. The first-order chi connectivity index (χ1) is 9.88. The van der Waals surface area contributed by atoms with E-state index in [0.717, 1.165) is 17.2 Å². The van der Waals surface area contributed by atoms with Gasteiger partial charge in [0.2, 0.25) is 0 Å². The van der Waals surface area contributed by atoms with E-state index >= 15 is 0 Å². The molecule has 0 saturated heterocycles. The first-order valence-corrected chi connectivity index (χ1v) is 6.83. The van der Waals surface area contributed by atoms with Crippen molar-refractivity contribution in [2.24, 2.45) is 0 Å². The van der Waals surface area contributed by atoms with E-state index < -0.39 is 11.7 Å². The maximum atomic E-state index is 12.9. The summed E-state index contributed by atoms with van der Waals surface area (Å²) in [5.74, 6) is 0. The molecule has 0 radical (unpaired) electrons. The third-order valence-corrected chi connectivity index (χ3v) is 3.50. The Kier molecular flexibility index (Phi) is 4.68. The number of aryl methyl sites for hydroxylation is 1. The fourth-order valence-corrected chi connectivity index (χ4v) is 2.19. The van der Waals surface area contributed by atoms with E-state index in [1.165, 1.54) is 12.1 Å². The molecule has 4 heteroatoms. The van der Waals surface area contributed by atoms with Crippen molar-refractivity contribution >= 4 is 0 Å². The van der Waals surface area contributed by atoms with Gasteiger partial charge in [0.1, 0.15) is 0 Å². The van der Waals surface area contributed by atoms with Gasteiger partial charge in [-0.3, -0.25) is 0 Å². The van der Waals surface area contributed by atoms with Crippen molar-refractivity contribution in [3.63, 3.8) is 0 Å². The SMILES string of the molecule is Cc1ccc([C@@H](C)NCc2ccccc2C(F)(F)F)cc1. The van der Waals surface area contributed by atoms with E-state index in [4.69, 9.17) is 0 Å². The predicted octanol–water partition coefficient (Wildman–Crippen LogP) is 4.86. The van der Waals surface area contributed by atoms with Crippen molar-refractivity contribution in [2.45, 2.75) is 32.6 Å². The largest absolute Gasteiger partial charge is 0.416 e. The van der Waals surface area contributed by atoms with Crippen LogP contribution in [0.4, 0.5) is 13.2 Å². The number of hydrogen-bond donors (Lipinski definition) is 1. The van der Waals surface area contributed by atoms with Crippen LogP contribution in [0.25, 0.3) is 0 Å². The number of halogens is 3. The van der Waals surface area contributed by atoms with Crippen LogP contribution in [-0.2, 0) is 12.7 Å². The monoisotopic (exact) mass is 293 g/mol. The summed E-state index contributed by atoms with van der Waals surface area (Å²) in [5, 5.41) is 3.15. The third-order valence-electron chi connectivity index (χ3n) is 3.50. The smallest absolute Gasteiger partial charge is 0.306 e. The highest BCUT2D eigenvalue weighted by atomic mass is 19.4. The molecular formula is C17H18F3N. The summed E-state index contributed by atoms with van der Waals surface area (Å²) < 4.78 is 38.7. The van der Waals surface area contributed by atoms with Crippen molar-refractivity contribution in [3.05, 3.63) is 70.8 Å². The zero-order valence-electron chi connectivity index (χ0n) is 12.0. The molecule has 21 heavy (non-hydrogen) atoms. The maximum Gasteiger partial charge on any atom is 0.416 e. The van der Waals surface area contributed by atoms with Gasteiger partial charge >= 0.3 is 6.18 Å². The quantitative estimate of drug-likeness (QED) is 0.848. The van der Waals surface area contributed by atoms with Gasteiger partial charge in [0.15, 0.2) is 0 Å². The highest BCUT2D eigenvalue weighted by Crippen LogP contribution is 2.32. The van der Waals surface area contributed by atoms with Crippen LogP contribution in [0.15, 0.2) is 48.5 Å². The molecule has 1 N–H and O–H groups in total. The van der Waals surface area contributed by atoms with Crippen LogP contribution in [0.5, 0.6) is 0 Å². The van der Waals surface area contributed by atoms with E-state index in [1.807, 2.05) is 38.1 Å². The lowest BCUT2D eigenvalue weighted by molar-refractivity contribution is -0.138. The maximum absolute atomic E-state index is 12.9. The molecule has 0 bridgehead atoms. The molecule has 0 aliphatic carbocycles. The molecule has 2 aromatic rings. The van der Waals surface area contributed by atoms with Gasteiger partial charge < -0.3 is 5.32 Å². The molecule has 0 amide bonds. The Hall–Kier alpha value is -1.81. The first kappa shape index (κ1) is 15.6. The van der Waals surface area contributed by atoms with Gasteiger partial charge in [0, 0.05) is 12.6 Å². The zero-order chi connectivity index (χ0) is 15.5. The second-order valence-electron chi connectivity index (χ2n) is 5.17. The molecule has 0 saturated carbocycles. The molecule has 2 rings (SSSR count). The average Bonchev–Trinajstić information content (AvgIpc) is 2.45. The highest BCUT2D eigenvalue weighted by Gasteiger charge is 2.32. The van der Waals surface area contributed by atoms with Gasteiger partial charge in [-0.2, -0.15) is 13.2 Å². The zero-order valence-corrected chi connectivity index (χ0v) is 12.0. The van der Waals surface area contributed by atoms with Crippen LogP contribution in [0, 0.1) is 6.92 Å². The molecule has 1 atom stereocenters. The summed E-state index contributed by atoms with van der Waals surface area (Å²) in [4.78, 5) is 0. The molecule has 0 heterocycles. The minimum Gasteiger partial charge on any atom is -0.306 e. The molecule has 1 nitrogen and oxygen atoms in total. The second-order valence-corrected chi connectivity index (χ2v) is 5.17. The van der Waals surface area contributed by atoms with Crippen LogP contribution in [0.2, 0.25) is 0 Å². The number of hydrogen-bond acceptors (Lipinski definition) is 1. The van der Waals surface area contributed by atoms with E-state index in [-0.39, 0.29) is 18.2 Å². The fourth-order valence-electron chi connectivity index (χ4n) is 2.19. The lowest BCUT2D eigenvalue weighted by Gasteiger charge is -2.17. The van der Waals surface area contributed by atoms with Crippen molar-refractivity contribution in [3.8, 4) is 0 Å². The van der Waals surface area contributed by atoms with Gasteiger partial charge in [0.05, 0.1) is 5.56 Å². The third kappa shape index (κ3) is 4.08. The number of nitrogens with one attached hydrogen (secondary N) is 1. The number of benzene rings is 2. The van der Waals surface area contributed by atoms with Gasteiger partial charge in [-0.15, -0.1) is 0 Å². The lowest BCUT2D eigenvalue weighted by Crippen LogP contribution is -2.20. The van der Waals surface area contributed by atoms with Gasteiger partial charge in [-0.05, 0) is 31.0 Å². The van der Waals surface area contributed by atoms with Crippen LogP contribution in [0.1, 0.15) is 35.2 Å². The summed E-state index contributed by atoms with van der Waals surface area (Å²) in [6.07, 6.45) is -4.31. The van der Waals surface area contributed by atoms with Crippen LogP contribution >= 0.6 is 0 Å². The summed E-state index contributed by atoms with van der Waals surface area (Å²) in [5.41, 5.74) is 1.91. The fraction of sp³-hybridized carbons (Fsp3) is 0.294. The van der Waals surface area contributed by atoms with E-state index in [2.05, 4.69) is 5.32 Å². The topological polar surface area (TPSA) is 12.0 Å². The van der Waals surface area contributed by atoms with E-state index in [0.29, 0.717) is 0 Å². The van der Waals surface area contributed by atoms with Crippen molar-refractivity contribution in [1.29, 1.82) is 0 Å². The van der Waals surface area contributed by atoms with Crippen molar-refractivity contribution < 1.29 is 13.2 Å². The predicted molar refractivity (Wildman–Crippen MR) is 77.9 cm³/mol. The molecule has 0 fully saturated rings. The molecule has 112 valence electrons. The summed E-state index contributed by atoms with van der Waals surface area (Å²) in [7, 11) is 0. The Morgan fingerprint density at radius 2 is 1.62 bits per heavy atom. The van der Waals surface area contributed by atoms with Gasteiger partial charge in [-0.25, -0.2) is 0 Å². The summed E-state index contributed by atoms with van der Waals surface area (Å²) >= 11 is 0. The van der Waals surface area contributed by atoms with Gasteiger partial charge in [-0.1, -0.05) is 48.0 Å². The number of rotatable bonds is 4. The Bertz CT molecular complexity index is 588. The van der Waals surface area contributed by atoms with Crippen LogP contribution in [0.3, 0.4) is 0 Å². The van der Waals surface area contributed by atoms with Crippen molar-refractivity contribution in [1.82, 2.24) is 5.32 Å². The molecule has 0 aliphatic rings. The Labute approximate surface area is 122 Å². The number of alkyl halides is 3. The molecule has 0 unspecified atom stereocenters. The van der Waals surface area contributed by atoms with Crippen LogP contribution < -0.4 is 5.32 Å². The molecule has 0 aliphatic heterocycles.